The summed E-state index contributed by atoms with van der Waals surface area (Å²) in [4.78, 5) is 16.5. The molecule has 7 heteroatoms. The number of ether oxygens (including phenoxy) is 3. The number of hydrogen-bond acceptors (Lipinski definition) is 6. The number of aromatic nitrogens is 1. The zero-order chi connectivity index (χ0) is 24.9. The Morgan fingerprint density at radius 2 is 1.69 bits per heavy atom. The number of amides is 1. The summed E-state index contributed by atoms with van der Waals surface area (Å²) in [5.41, 5.74) is 5.72. The summed E-state index contributed by atoms with van der Waals surface area (Å²) in [6.45, 7) is 6.13. The van der Waals surface area contributed by atoms with Gasteiger partial charge in [0.1, 0.15) is 11.5 Å². The first-order valence-corrected chi connectivity index (χ1v) is 11.6. The van der Waals surface area contributed by atoms with Gasteiger partial charge < -0.3 is 24.8 Å². The van der Waals surface area contributed by atoms with Crippen LogP contribution in [0.1, 0.15) is 25.0 Å². The lowest BCUT2D eigenvalue weighted by Crippen LogP contribution is -2.31. The molecule has 0 saturated heterocycles. The van der Waals surface area contributed by atoms with E-state index >= 15 is 0 Å². The highest BCUT2D eigenvalue weighted by molar-refractivity contribution is 6.09. The van der Waals surface area contributed by atoms with Gasteiger partial charge in [-0.15, -0.1) is 0 Å². The van der Waals surface area contributed by atoms with Gasteiger partial charge in [-0.05, 0) is 68.3 Å². The number of anilines is 2. The Bertz CT molecular complexity index is 1350. The Labute approximate surface area is 205 Å². The molecule has 35 heavy (non-hydrogen) atoms. The van der Waals surface area contributed by atoms with Crippen molar-refractivity contribution in [1.82, 2.24) is 10.3 Å². The van der Waals surface area contributed by atoms with Crippen LogP contribution in [0, 0.1) is 6.92 Å². The third kappa shape index (κ3) is 5.57. The van der Waals surface area contributed by atoms with Crippen LogP contribution in [0.4, 0.5) is 16.2 Å². The number of aryl methyl sites for hydroxylation is 1. The fourth-order valence-electron chi connectivity index (χ4n) is 3.98. The van der Waals surface area contributed by atoms with Gasteiger partial charge in [-0.2, -0.15) is 0 Å². The molecule has 0 unspecified atom stereocenters. The predicted molar refractivity (Wildman–Crippen MR) is 140 cm³/mol. The lowest BCUT2D eigenvalue weighted by atomic mass is 10.0. The molecule has 0 radical (unpaired) electrons. The van der Waals surface area contributed by atoms with Crippen molar-refractivity contribution in [2.24, 2.45) is 0 Å². The quantitative estimate of drug-likeness (QED) is 0.299. The Hall–Kier alpha value is -4.00. The van der Waals surface area contributed by atoms with E-state index in [1.165, 1.54) is 0 Å². The lowest BCUT2D eigenvalue weighted by molar-refractivity contribution is 0.145. The number of benzene rings is 3. The summed E-state index contributed by atoms with van der Waals surface area (Å²) in [7, 11) is 3.33. The Kier molecular flexibility index (Phi) is 7.25. The second kappa shape index (κ2) is 10.5. The molecule has 0 aliphatic carbocycles. The zero-order valence-corrected chi connectivity index (χ0v) is 20.8. The summed E-state index contributed by atoms with van der Waals surface area (Å²) < 4.78 is 16.2. The van der Waals surface area contributed by atoms with Crippen LogP contribution in [-0.4, -0.2) is 37.9 Å². The van der Waals surface area contributed by atoms with Crippen molar-refractivity contribution in [3.8, 4) is 11.5 Å². The maximum atomic E-state index is 11.7. The van der Waals surface area contributed by atoms with Gasteiger partial charge in [0, 0.05) is 35.0 Å². The normalized spacial score (nSPS) is 11.0. The van der Waals surface area contributed by atoms with Crippen LogP contribution in [0.15, 0.2) is 54.6 Å². The molecule has 4 rings (SSSR count). The van der Waals surface area contributed by atoms with E-state index in [1.807, 2.05) is 75.4 Å². The standard InChI is InChI=1S/C28H31N3O4/c1-17(2)29-28(32)35-13-12-19-6-8-20(9-7-19)30-27-22-11-10-21(33-4)15-25(22)31-24-14-18(3)26(34-5)16-23(24)27/h6-11,14-17H,12-13H2,1-5H3,(H,29,32)(H,30,31). The number of nitrogens with zero attached hydrogens (tertiary/aromatic N) is 1. The summed E-state index contributed by atoms with van der Waals surface area (Å²) >= 11 is 0. The SMILES string of the molecule is COc1ccc2c(Nc3ccc(CCOC(=O)NC(C)C)cc3)c3cc(OC)c(C)cc3nc2c1. The lowest BCUT2D eigenvalue weighted by Gasteiger charge is -2.16. The molecular formula is C28H31N3O4. The topological polar surface area (TPSA) is 81.7 Å². The first kappa shape index (κ1) is 24.1. The van der Waals surface area contributed by atoms with Gasteiger partial charge in [0.25, 0.3) is 0 Å². The number of methoxy groups -OCH3 is 2. The van der Waals surface area contributed by atoms with E-state index in [4.69, 9.17) is 19.2 Å². The van der Waals surface area contributed by atoms with Gasteiger partial charge in [0.15, 0.2) is 0 Å². The molecule has 4 aromatic rings. The average molecular weight is 474 g/mol. The van der Waals surface area contributed by atoms with E-state index in [2.05, 4.69) is 10.6 Å². The number of hydrogen-bond donors (Lipinski definition) is 2. The molecule has 0 aliphatic heterocycles. The van der Waals surface area contributed by atoms with E-state index < -0.39 is 6.09 Å². The smallest absolute Gasteiger partial charge is 0.407 e. The van der Waals surface area contributed by atoms with Gasteiger partial charge in [-0.3, -0.25) is 0 Å². The summed E-state index contributed by atoms with van der Waals surface area (Å²) in [6.07, 6.45) is 0.250. The van der Waals surface area contributed by atoms with Crippen molar-refractivity contribution in [3.63, 3.8) is 0 Å². The van der Waals surface area contributed by atoms with Crippen molar-refractivity contribution < 1.29 is 19.0 Å². The molecule has 2 N–H and O–H groups in total. The van der Waals surface area contributed by atoms with Crippen LogP contribution in [0.25, 0.3) is 21.8 Å². The van der Waals surface area contributed by atoms with Crippen LogP contribution in [0.5, 0.6) is 11.5 Å². The van der Waals surface area contributed by atoms with Gasteiger partial charge in [-0.25, -0.2) is 9.78 Å². The molecule has 3 aromatic carbocycles. The number of fused-ring (bicyclic) bond motifs is 2. The van der Waals surface area contributed by atoms with Crippen molar-refractivity contribution >= 4 is 39.3 Å². The van der Waals surface area contributed by atoms with E-state index in [9.17, 15) is 4.79 Å². The predicted octanol–water partition coefficient (Wildman–Crippen LogP) is 6.13. The first-order valence-electron chi connectivity index (χ1n) is 11.6. The maximum Gasteiger partial charge on any atom is 0.407 e. The van der Waals surface area contributed by atoms with E-state index in [0.717, 1.165) is 55.8 Å². The maximum absolute atomic E-state index is 11.7. The number of carbonyl (C=O) groups excluding carboxylic acids is 1. The molecule has 0 aliphatic rings. The van der Waals surface area contributed by atoms with Crippen molar-refractivity contribution in [1.29, 1.82) is 0 Å². The molecule has 0 bridgehead atoms. The van der Waals surface area contributed by atoms with Crippen LogP contribution in [-0.2, 0) is 11.2 Å². The van der Waals surface area contributed by atoms with Gasteiger partial charge in [0.05, 0.1) is 37.5 Å². The molecule has 182 valence electrons. The highest BCUT2D eigenvalue weighted by Gasteiger charge is 2.13. The van der Waals surface area contributed by atoms with Crippen LogP contribution >= 0.6 is 0 Å². The monoisotopic (exact) mass is 473 g/mol. The second-order valence-electron chi connectivity index (χ2n) is 8.72. The van der Waals surface area contributed by atoms with Crippen LogP contribution in [0.2, 0.25) is 0 Å². The largest absolute Gasteiger partial charge is 0.497 e. The van der Waals surface area contributed by atoms with Crippen molar-refractivity contribution in [3.05, 3.63) is 65.7 Å². The third-order valence-corrected chi connectivity index (χ3v) is 5.75. The third-order valence-electron chi connectivity index (χ3n) is 5.75. The fourth-order valence-corrected chi connectivity index (χ4v) is 3.98. The Morgan fingerprint density at radius 1 is 0.943 bits per heavy atom. The van der Waals surface area contributed by atoms with Crippen LogP contribution in [0.3, 0.4) is 0 Å². The molecule has 7 nitrogen and oxygen atoms in total. The molecule has 0 spiro atoms. The minimum Gasteiger partial charge on any atom is -0.497 e. The molecule has 1 aromatic heterocycles. The van der Waals surface area contributed by atoms with Crippen LogP contribution < -0.4 is 20.1 Å². The Morgan fingerprint density at radius 3 is 2.37 bits per heavy atom. The summed E-state index contributed by atoms with van der Waals surface area (Å²) in [5.74, 6) is 1.57. The van der Waals surface area contributed by atoms with Crippen molar-refractivity contribution in [2.45, 2.75) is 33.2 Å². The average Bonchev–Trinajstić information content (AvgIpc) is 2.83. The number of alkyl carbamates (subject to hydrolysis) is 1. The first-order chi connectivity index (χ1) is 16.9. The number of pyridine rings is 1. The minimum atomic E-state index is -0.392. The zero-order valence-electron chi connectivity index (χ0n) is 20.8. The fraction of sp³-hybridized carbons (Fsp3) is 0.286. The molecular weight excluding hydrogens is 442 g/mol. The molecule has 0 saturated carbocycles. The molecule has 1 amide bonds. The van der Waals surface area contributed by atoms with E-state index in [1.54, 1.807) is 14.2 Å². The minimum absolute atomic E-state index is 0.0539. The number of nitrogens with one attached hydrogen (secondary N) is 2. The van der Waals surface area contributed by atoms with Crippen molar-refractivity contribution in [2.75, 3.05) is 26.1 Å². The number of rotatable bonds is 8. The second-order valence-corrected chi connectivity index (χ2v) is 8.72. The van der Waals surface area contributed by atoms with Gasteiger partial charge in [0.2, 0.25) is 0 Å². The molecule has 1 heterocycles. The molecule has 0 fully saturated rings. The van der Waals surface area contributed by atoms with Gasteiger partial charge >= 0.3 is 6.09 Å². The number of carbonyl (C=O) groups is 1. The summed E-state index contributed by atoms with van der Waals surface area (Å²) in [6, 6.07) is 18.1. The molecule has 0 atom stereocenters. The highest BCUT2D eigenvalue weighted by atomic mass is 16.5. The van der Waals surface area contributed by atoms with E-state index in [-0.39, 0.29) is 6.04 Å². The Balaban J connectivity index is 1.62. The summed E-state index contributed by atoms with van der Waals surface area (Å²) in [5, 5.41) is 8.27. The van der Waals surface area contributed by atoms with E-state index in [0.29, 0.717) is 13.0 Å². The van der Waals surface area contributed by atoms with Gasteiger partial charge in [-0.1, -0.05) is 12.1 Å². The highest BCUT2D eigenvalue weighted by Crippen LogP contribution is 2.37.